The van der Waals surface area contributed by atoms with E-state index >= 15 is 0 Å². The van der Waals surface area contributed by atoms with E-state index in [0.717, 1.165) is 6.42 Å². The highest BCUT2D eigenvalue weighted by atomic mass is 19.1. The molecule has 1 aliphatic rings. The lowest BCUT2D eigenvalue weighted by Crippen LogP contribution is -2.35. The van der Waals surface area contributed by atoms with Crippen molar-refractivity contribution in [1.29, 1.82) is 0 Å². The predicted octanol–water partition coefficient (Wildman–Crippen LogP) is 5.92. The third kappa shape index (κ3) is 5.13. The predicted molar refractivity (Wildman–Crippen MR) is 125 cm³/mol. The van der Waals surface area contributed by atoms with Gasteiger partial charge in [-0.1, -0.05) is 61.0 Å². The van der Waals surface area contributed by atoms with E-state index in [1.807, 2.05) is 12.1 Å². The molecule has 3 aromatic rings. The fourth-order valence-electron chi connectivity index (χ4n) is 4.88. The van der Waals surface area contributed by atoms with E-state index in [1.54, 1.807) is 0 Å². The van der Waals surface area contributed by atoms with Crippen LogP contribution in [-0.4, -0.2) is 25.2 Å². The van der Waals surface area contributed by atoms with Gasteiger partial charge in [-0.15, -0.1) is 0 Å². The molecule has 2 unspecified atom stereocenters. The maximum atomic E-state index is 12.3. The number of hydrogen-bond acceptors (Lipinski definition) is 2. The fraction of sp³-hybridized carbons (Fsp3) is 0.370. The largest absolute Gasteiger partial charge is 0.349 e. The summed E-state index contributed by atoms with van der Waals surface area (Å²) >= 11 is 0. The van der Waals surface area contributed by atoms with Gasteiger partial charge in [0.2, 0.25) is 0 Å². The number of halogens is 1. The van der Waals surface area contributed by atoms with Crippen molar-refractivity contribution in [2.24, 2.45) is 0 Å². The molecule has 4 heteroatoms. The van der Waals surface area contributed by atoms with Crippen molar-refractivity contribution < 1.29 is 9.18 Å². The normalized spacial score (nSPS) is 19.8. The molecule has 162 valence electrons. The Kier molecular flexibility index (Phi) is 6.98. The van der Waals surface area contributed by atoms with E-state index in [-0.39, 0.29) is 18.5 Å². The van der Waals surface area contributed by atoms with Crippen LogP contribution in [0.25, 0.3) is 10.8 Å². The van der Waals surface area contributed by atoms with Gasteiger partial charge in [-0.2, -0.15) is 0 Å². The molecule has 0 heterocycles. The van der Waals surface area contributed by atoms with E-state index < -0.39 is 6.67 Å². The second-order valence-electron chi connectivity index (χ2n) is 8.58. The topological polar surface area (TPSA) is 41.1 Å². The maximum absolute atomic E-state index is 12.3. The number of amides is 1. The molecule has 0 aromatic heterocycles. The molecule has 0 saturated heterocycles. The Bertz CT molecular complexity index is 1010. The Morgan fingerprint density at radius 2 is 1.81 bits per heavy atom. The molecule has 0 aliphatic heterocycles. The first-order valence-electron chi connectivity index (χ1n) is 11.3. The summed E-state index contributed by atoms with van der Waals surface area (Å²) in [4.78, 5) is 12.0. The minimum absolute atomic E-state index is 0.0610. The van der Waals surface area contributed by atoms with Gasteiger partial charge in [0, 0.05) is 24.2 Å². The molecule has 3 atom stereocenters. The second kappa shape index (κ2) is 10.1. The molecule has 3 aromatic carbocycles. The van der Waals surface area contributed by atoms with E-state index in [4.69, 9.17) is 0 Å². The standard InChI is InChI=1S/C27H31FN2O/c1-19(25-11-5-7-21-6-2-3-10-26(21)25)30-24-9-4-8-23(18-24)20-12-14-22(15-13-20)27(31)29-17-16-28/h2-3,5-7,10-15,19,23-24,30H,4,8-9,16-18H2,1H3,(H,29,31)/t19-,23?,24?/m1/s1. The van der Waals surface area contributed by atoms with Gasteiger partial charge in [0.15, 0.2) is 0 Å². The number of alkyl halides is 1. The lowest BCUT2D eigenvalue weighted by atomic mass is 9.80. The van der Waals surface area contributed by atoms with Crippen LogP contribution < -0.4 is 10.6 Å². The molecule has 1 saturated carbocycles. The smallest absolute Gasteiger partial charge is 0.251 e. The number of rotatable bonds is 7. The van der Waals surface area contributed by atoms with Crippen molar-refractivity contribution >= 4 is 16.7 Å². The van der Waals surface area contributed by atoms with Crippen molar-refractivity contribution in [1.82, 2.24) is 10.6 Å². The first kappa shape index (κ1) is 21.5. The molecule has 4 rings (SSSR count). The van der Waals surface area contributed by atoms with Crippen LogP contribution in [0.5, 0.6) is 0 Å². The summed E-state index contributed by atoms with van der Waals surface area (Å²) in [5, 5.41) is 9.06. The van der Waals surface area contributed by atoms with Gasteiger partial charge in [-0.05, 0) is 66.1 Å². The van der Waals surface area contributed by atoms with Crippen molar-refractivity contribution in [2.75, 3.05) is 13.2 Å². The van der Waals surface area contributed by atoms with Crippen molar-refractivity contribution in [3.8, 4) is 0 Å². The Morgan fingerprint density at radius 1 is 1.03 bits per heavy atom. The number of benzene rings is 3. The molecule has 1 amide bonds. The number of nitrogens with one attached hydrogen (secondary N) is 2. The summed E-state index contributed by atoms with van der Waals surface area (Å²) in [7, 11) is 0. The van der Waals surface area contributed by atoms with Gasteiger partial charge in [-0.3, -0.25) is 4.79 Å². The Labute approximate surface area is 184 Å². The average Bonchev–Trinajstić information content (AvgIpc) is 2.82. The minimum atomic E-state index is -0.544. The highest BCUT2D eigenvalue weighted by Gasteiger charge is 2.25. The first-order chi connectivity index (χ1) is 15.2. The van der Waals surface area contributed by atoms with Crippen molar-refractivity contribution in [3.63, 3.8) is 0 Å². The fourth-order valence-corrected chi connectivity index (χ4v) is 4.88. The summed E-state index contributed by atoms with van der Waals surface area (Å²) < 4.78 is 12.3. The molecule has 2 N–H and O–H groups in total. The monoisotopic (exact) mass is 418 g/mol. The minimum Gasteiger partial charge on any atom is -0.349 e. The molecule has 0 spiro atoms. The van der Waals surface area contributed by atoms with Crippen LogP contribution >= 0.6 is 0 Å². The van der Waals surface area contributed by atoms with Crippen LogP contribution in [0.15, 0.2) is 66.7 Å². The second-order valence-corrected chi connectivity index (χ2v) is 8.58. The van der Waals surface area contributed by atoms with Crippen LogP contribution in [0.3, 0.4) is 0 Å². The van der Waals surface area contributed by atoms with Gasteiger partial charge < -0.3 is 10.6 Å². The average molecular weight is 419 g/mol. The molecule has 1 aliphatic carbocycles. The lowest BCUT2D eigenvalue weighted by molar-refractivity contribution is 0.0951. The third-order valence-electron chi connectivity index (χ3n) is 6.47. The number of carbonyl (C=O) groups is 1. The highest BCUT2D eigenvalue weighted by Crippen LogP contribution is 2.34. The molecule has 31 heavy (non-hydrogen) atoms. The zero-order valence-electron chi connectivity index (χ0n) is 18.1. The first-order valence-corrected chi connectivity index (χ1v) is 11.3. The van der Waals surface area contributed by atoms with E-state index in [2.05, 4.69) is 72.2 Å². The quantitative estimate of drug-likeness (QED) is 0.500. The van der Waals surface area contributed by atoms with Crippen LogP contribution in [0.1, 0.15) is 66.1 Å². The van der Waals surface area contributed by atoms with Crippen molar-refractivity contribution in [3.05, 3.63) is 83.4 Å². The van der Waals surface area contributed by atoms with Gasteiger partial charge in [0.1, 0.15) is 6.67 Å². The Morgan fingerprint density at radius 3 is 2.61 bits per heavy atom. The zero-order chi connectivity index (χ0) is 21.6. The Hall–Kier alpha value is -2.72. The molecular formula is C27H31FN2O. The van der Waals surface area contributed by atoms with Gasteiger partial charge in [0.25, 0.3) is 5.91 Å². The Balaban J connectivity index is 1.41. The summed E-state index contributed by atoms with van der Waals surface area (Å²) in [5.41, 5.74) is 3.22. The van der Waals surface area contributed by atoms with Crippen LogP contribution in [0.4, 0.5) is 4.39 Å². The third-order valence-corrected chi connectivity index (χ3v) is 6.47. The van der Waals surface area contributed by atoms with Crippen molar-refractivity contribution in [2.45, 2.75) is 50.6 Å². The lowest BCUT2D eigenvalue weighted by Gasteiger charge is -2.32. The summed E-state index contributed by atoms with van der Waals surface area (Å²) in [6, 6.07) is 23.7. The van der Waals surface area contributed by atoms with Crippen LogP contribution in [0, 0.1) is 0 Å². The summed E-state index contributed by atoms with van der Waals surface area (Å²) in [6.07, 6.45) is 4.66. The molecular weight excluding hydrogens is 387 g/mol. The molecule has 3 nitrogen and oxygen atoms in total. The number of carbonyl (C=O) groups excluding carboxylic acids is 1. The molecule has 0 bridgehead atoms. The van der Waals surface area contributed by atoms with Crippen LogP contribution in [0.2, 0.25) is 0 Å². The zero-order valence-corrected chi connectivity index (χ0v) is 18.1. The van der Waals surface area contributed by atoms with Gasteiger partial charge >= 0.3 is 0 Å². The summed E-state index contributed by atoms with van der Waals surface area (Å²) in [5.74, 6) is 0.283. The van der Waals surface area contributed by atoms with E-state index in [1.165, 1.54) is 41.2 Å². The molecule has 1 fully saturated rings. The SMILES string of the molecule is C[C@@H](NC1CCCC(c2ccc(C(=O)NCCF)cc2)C1)c1cccc2ccccc12. The maximum Gasteiger partial charge on any atom is 0.251 e. The highest BCUT2D eigenvalue weighted by molar-refractivity contribution is 5.94. The van der Waals surface area contributed by atoms with Gasteiger partial charge in [-0.25, -0.2) is 4.39 Å². The van der Waals surface area contributed by atoms with Gasteiger partial charge in [0.05, 0.1) is 0 Å². The number of hydrogen-bond donors (Lipinski definition) is 2. The summed E-state index contributed by atoms with van der Waals surface area (Å²) in [6.45, 7) is 1.78. The van der Waals surface area contributed by atoms with Crippen LogP contribution in [-0.2, 0) is 0 Å². The van der Waals surface area contributed by atoms with E-state index in [9.17, 15) is 9.18 Å². The van der Waals surface area contributed by atoms with E-state index in [0.29, 0.717) is 17.5 Å². The molecule has 0 radical (unpaired) electrons. The number of fused-ring (bicyclic) bond motifs is 1.